The van der Waals surface area contributed by atoms with Gasteiger partial charge in [-0.25, -0.2) is 0 Å². The van der Waals surface area contributed by atoms with Gasteiger partial charge in [0.1, 0.15) is 0 Å². The highest BCUT2D eigenvalue weighted by molar-refractivity contribution is 4.86. The van der Waals surface area contributed by atoms with E-state index in [0.29, 0.717) is 0 Å². The number of nitrogens with zero attached hydrogens (tertiary/aromatic N) is 1. The molecule has 2 nitrogen and oxygen atoms in total. The van der Waals surface area contributed by atoms with Gasteiger partial charge in [0, 0.05) is 12.6 Å². The quantitative estimate of drug-likeness (QED) is 0.683. The fraction of sp³-hybridized carbons (Fsp3) is 1.00. The normalized spacial score (nSPS) is 27.4. The zero-order chi connectivity index (χ0) is 15.0. The Balaban J connectivity index is 2.45. The Labute approximate surface area is 127 Å². The van der Waals surface area contributed by atoms with Gasteiger partial charge in [0.15, 0.2) is 0 Å². The van der Waals surface area contributed by atoms with Crippen LogP contribution in [0.5, 0.6) is 0 Å². The van der Waals surface area contributed by atoms with Crippen molar-refractivity contribution in [3.63, 3.8) is 0 Å². The van der Waals surface area contributed by atoms with Crippen LogP contribution in [0.3, 0.4) is 0 Å². The van der Waals surface area contributed by atoms with Crippen molar-refractivity contribution in [2.45, 2.75) is 72.3 Å². The zero-order valence-corrected chi connectivity index (χ0v) is 14.6. The van der Waals surface area contributed by atoms with Gasteiger partial charge in [0.25, 0.3) is 0 Å². The van der Waals surface area contributed by atoms with Gasteiger partial charge in [0.2, 0.25) is 0 Å². The fourth-order valence-electron chi connectivity index (χ4n) is 3.50. The van der Waals surface area contributed by atoms with Crippen LogP contribution in [0.15, 0.2) is 0 Å². The lowest BCUT2D eigenvalue weighted by Gasteiger charge is -2.38. The summed E-state index contributed by atoms with van der Waals surface area (Å²) in [6.45, 7) is 13.0. The molecule has 3 atom stereocenters. The van der Waals surface area contributed by atoms with E-state index >= 15 is 0 Å². The average Bonchev–Trinajstić information content (AvgIpc) is 2.43. The van der Waals surface area contributed by atoms with E-state index in [2.05, 4.69) is 45.0 Å². The van der Waals surface area contributed by atoms with Gasteiger partial charge in [-0.05, 0) is 70.0 Å². The third-order valence-electron chi connectivity index (χ3n) is 4.96. The van der Waals surface area contributed by atoms with E-state index in [1.807, 2.05) is 0 Å². The Morgan fingerprint density at radius 1 is 1.20 bits per heavy atom. The average molecular weight is 283 g/mol. The second-order valence-electron chi connectivity index (χ2n) is 7.35. The molecule has 0 aromatic carbocycles. The Kier molecular flexibility index (Phi) is 8.79. The van der Waals surface area contributed by atoms with Crippen molar-refractivity contribution in [3.8, 4) is 0 Å². The Bertz CT molecular complexity index is 240. The van der Waals surface area contributed by atoms with E-state index < -0.39 is 0 Å². The van der Waals surface area contributed by atoms with Gasteiger partial charge < -0.3 is 10.2 Å². The minimum Gasteiger partial charge on any atom is -0.314 e. The summed E-state index contributed by atoms with van der Waals surface area (Å²) in [6, 6.07) is 0.763. The molecule has 0 spiro atoms. The summed E-state index contributed by atoms with van der Waals surface area (Å²) in [5.74, 6) is 2.65. The van der Waals surface area contributed by atoms with E-state index in [1.54, 1.807) is 0 Å². The molecule has 120 valence electrons. The first-order valence-corrected chi connectivity index (χ1v) is 8.98. The van der Waals surface area contributed by atoms with E-state index in [4.69, 9.17) is 0 Å². The highest BCUT2D eigenvalue weighted by Gasteiger charge is 2.29. The molecule has 0 bridgehead atoms. The third kappa shape index (κ3) is 6.58. The first kappa shape index (κ1) is 18.0. The van der Waals surface area contributed by atoms with Crippen LogP contribution < -0.4 is 5.32 Å². The van der Waals surface area contributed by atoms with Crippen LogP contribution in [0.25, 0.3) is 0 Å². The monoisotopic (exact) mass is 282 g/mol. The number of hydrogen-bond acceptors (Lipinski definition) is 2. The lowest BCUT2D eigenvalue weighted by molar-refractivity contribution is 0.149. The van der Waals surface area contributed by atoms with Crippen LogP contribution in [-0.2, 0) is 0 Å². The molecule has 1 saturated carbocycles. The molecule has 0 saturated heterocycles. The van der Waals surface area contributed by atoms with Crippen molar-refractivity contribution >= 4 is 0 Å². The lowest BCUT2D eigenvalue weighted by atomic mass is 9.76. The highest BCUT2D eigenvalue weighted by Crippen LogP contribution is 2.32. The van der Waals surface area contributed by atoms with Crippen molar-refractivity contribution in [3.05, 3.63) is 0 Å². The maximum atomic E-state index is 3.81. The van der Waals surface area contributed by atoms with E-state index in [1.165, 1.54) is 58.2 Å². The molecule has 1 N–H and O–H groups in total. The molecule has 2 heteroatoms. The highest BCUT2D eigenvalue weighted by atomic mass is 15.1. The molecule has 0 aromatic heterocycles. The molecular formula is C18H38N2. The molecule has 1 fully saturated rings. The van der Waals surface area contributed by atoms with Crippen molar-refractivity contribution in [2.24, 2.45) is 17.8 Å². The first-order chi connectivity index (χ1) is 9.56. The fourth-order valence-corrected chi connectivity index (χ4v) is 3.50. The molecule has 0 radical (unpaired) electrons. The molecular weight excluding hydrogens is 244 g/mol. The second kappa shape index (κ2) is 9.78. The summed E-state index contributed by atoms with van der Waals surface area (Å²) < 4.78 is 0. The van der Waals surface area contributed by atoms with Crippen LogP contribution in [0.1, 0.15) is 66.2 Å². The summed E-state index contributed by atoms with van der Waals surface area (Å²) >= 11 is 0. The molecule has 0 heterocycles. The van der Waals surface area contributed by atoms with E-state index in [-0.39, 0.29) is 0 Å². The summed E-state index contributed by atoms with van der Waals surface area (Å²) in [5, 5.41) is 3.81. The Morgan fingerprint density at radius 2 is 1.95 bits per heavy atom. The summed E-state index contributed by atoms with van der Waals surface area (Å²) in [5.41, 5.74) is 0. The van der Waals surface area contributed by atoms with E-state index in [9.17, 15) is 0 Å². The minimum absolute atomic E-state index is 0.763. The van der Waals surface area contributed by atoms with Gasteiger partial charge in [-0.2, -0.15) is 0 Å². The number of rotatable bonds is 9. The molecule has 0 aromatic rings. The molecule has 3 unspecified atom stereocenters. The van der Waals surface area contributed by atoms with Crippen molar-refractivity contribution in [2.75, 3.05) is 26.7 Å². The van der Waals surface area contributed by atoms with Crippen LogP contribution in [-0.4, -0.2) is 37.6 Å². The van der Waals surface area contributed by atoms with Crippen LogP contribution in [0, 0.1) is 17.8 Å². The standard InChI is InChI=1S/C18H38N2/c1-6-11-19-18-9-8-16(7-2)13-17(18)14-20(5)12-10-15(3)4/h15-19H,6-14H2,1-5H3. The predicted octanol–water partition coefficient (Wildman–Crippen LogP) is 4.16. The molecule has 1 aliphatic rings. The maximum absolute atomic E-state index is 3.81. The number of hydrogen-bond donors (Lipinski definition) is 1. The number of nitrogens with one attached hydrogen (secondary N) is 1. The Hall–Kier alpha value is -0.0800. The largest absolute Gasteiger partial charge is 0.314 e. The van der Waals surface area contributed by atoms with Crippen LogP contribution in [0.2, 0.25) is 0 Å². The van der Waals surface area contributed by atoms with Gasteiger partial charge in [-0.15, -0.1) is 0 Å². The topological polar surface area (TPSA) is 15.3 Å². The predicted molar refractivity (Wildman–Crippen MR) is 90.2 cm³/mol. The second-order valence-corrected chi connectivity index (χ2v) is 7.35. The Morgan fingerprint density at radius 3 is 2.55 bits per heavy atom. The van der Waals surface area contributed by atoms with E-state index in [0.717, 1.165) is 23.8 Å². The zero-order valence-electron chi connectivity index (χ0n) is 14.6. The van der Waals surface area contributed by atoms with Crippen molar-refractivity contribution in [1.29, 1.82) is 0 Å². The molecule has 1 aliphatic carbocycles. The van der Waals surface area contributed by atoms with Crippen molar-refractivity contribution < 1.29 is 0 Å². The van der Waals surface area contributed by atoms with Gasteiger partial charge >= 0.3 is 0 Å². The van der Waals surface area contributed by atoms with Crippen LogP contribution in [0.4, 0.5) is 0 Å². The van der Waals surface area contributed by atoms with Gasteiger partial charge in [0.05, 0.1) is 0 Å². The molecule has 0 amide bonds. The molecule has 1 rings (SSSR count). The summed E-state index contributed by atoms with van der Waals surface area (Å²) in [7, 11) is 2.31. The van der Waals surface area contributed by atoms with Gasteiger partial charge in [-0.3, -0.25) is 0 Å². The van der Waals surface area contributed by atoms with Gasteiger partial charge in [-0.1, -0.05) is 34.1 Å². The summed E-state index contributed by atoms with van der Waals surface area (Å²) in [6.07, 6.45) is 8.21. The van der Waals surface area contributed by atoms with Crippen LogP contribution >= 0.6 is 0 Å². The maximum Gasteiger partial charge on any atom is 0.0108 e. The van der Waals surface area contributed by atoms with Crippen molar-refractivity contribution in [1.82, 2.24) is 10.2 Å². The lowest BCUT2D eigenvalue weighted by Crippen LogP contribution is -2.45. The summed E-state index contributed by atoms with van der Waals surface area (Å²) in [4.78, 5) is 2.57. The minimum atomic E-state index is 0.763. The third-order valence-corrected chi connectivity index (χ3v) is 4.96. The SMILES string of the molecule is CCCNC1CCC(CC)CC1CN(C)CCC(C)C. The smallest absolute Gasteiger partial charge is 0.0108 e. The molecule has 20 heavy (non-hydrogen) atoms. The molecule has 0 aliphatic heterocycles. The first-order valence-electron chi connectivity index (χ1n) is 8.98.